The highest BCUT2D eigenvalue weighted by atomic mass is 19.4. The molecule has 2 heterocycles. The van der Waals surface area contributed by atoms with Gasteiger partial charge in [0.15, 0.2) is 0 Å². The molecule has 2 aromatic carbocycles. The molecule has 2 amide bonds. The zero-order chi connectivity index (χ0) is 23.0. The third-order valence-electron chi connectivity index (χ3n) is 5.64. The summed E-state index contributed by atoms with van der Waals surface area (Å²) in [5.74, 6) is -0.508. The summed E-state index contributed by atoms with van der Waals surface area (Å²) in [6.45, 7) is 5.02. The summed E-state index contributed by atoms with van der Waals surface area (Å²) in [6, 6.07) is 9.37. The Bertz CT molecular complexity index is 1180. The Morgan fingerprint density at radius 3 is 1.75 bits per heavy atom. The number of carbonyl (C=O) groups is 2. The van der Waals surface area contributed by atoms with Crippen molar-refractivity contribution in [3.05, 3.63) is 70.5 Å². The number of carbonyl (C=O) groups excluding carboxylic acids is 2. The molecule has 1 aromatic heterocycles. The average molecular weight is 442 g/mol. The van der Waals surface area contributed by atoms with Gasteiger partial charge in [-0.1, -0.05) is 0 Å². The summed E-state index contributed by atoms with van der Waals surface area (Å²) in [5.41, 5.74) is 2.90. The summed E-state index contributed by atoms with van der Waals surface area (Å²) in [5, 5.41) is 0. The van der Waals surface area contributed by atoms with Crippen LogP contribution in [0.2, 0.25) is 0 Å². The van der Waals surface area contributed by atoms with Crippen molar-refractivity contribution in [3.8, 4) is 0 Å². The number of aromatic nitrogens is 2. The van der Waals surface area contributed by atoms with Crippen LogP contribution in [0.3, 0.4) is 0 Å². The number of benzene rings is 2. The summed E-state index contributed by atoms with van der Waals surface area (Å²) < 4.78 is 38.2. The van der Waals surface area contributed by atoms with Crippen molar-refractivity contribution in [2.45, 2.75) is 20.0 Å². The van der Waals surface area contributed by atoms with E-state index in [9.17, 15) is 22.8 Å². The Labute approximate surface area is 182 Å². The van der Waals surface area contributed by atoms with Gasteiger partial charge in [-0.3, -0.25) is 9.59 Å². The molecular formula is C23H21F3N4O2. The molecule has 0 bridgehead atoms. The standard InChI is InChI=1S/C23H21F3N4O2/c1-14-15(2)28-20-13-17(5-8-19(20)27-14)22(32)30-11-9-29(10-12-30)21(31)16-3-6-18(7-4-16)23(24,25)26/h3-8,13H,9-12H2,1-2H3. The zero-order valence-corrected chi connectivity index (χ0v) is 17.6. The van der Waals surface area contributed by atoms with Crippen LogP contribution >= 0.6 is 0 Å². The predicted octanol–water partition coefficient (Wildman–Crippen LogP) is 3.86. The first-order valence-electron chi connectivity index (χ1n) is 10.1. The first-order valence-corrected chi connectivity index (χ1v) is 10.1. The molecule has 166 valence electrons. The Kier molecular flexibility index (Phi) is 5.58. The van der Waals surface area contributed by atoms with Crippen molar-refractivity contribution in [2.75, 3.05) is 26.2 Å². The van der Waals surface area contributed by atoms with E-state index in [2.05, 4.69) is 9.97 Å². The summed E-state index contributed by atoms with van der Waals surface area (Å²) >= 11 is 0. The van der Waals surface area contributed by atoms with Crippen LogP contribution < -0.4 is 0 Å². The van der Waals surface area contributed by atoms with Gasteiger partial charge in [0.05, 0.1) is 28.0 Å². The Hall–Kier alpha value is -3.49. The van der Waals surface area contributed by atoms with Gasteiger partial charge in [0.25, 0.3) is 11.8 Å². The van der Waals surface area contributed by atoms with Gasteiger partial charge < -0.3 is 9.80 Å². The average Bonchev–Trinajstić information content (AvgIpc) is 2.78. The van der Waals surface area contributed by atoms with Gasteiger partial charge in [-0.25, -0.2) is 9.97 Å². The highest BCUT2D eigenvalue weighted by Crippen LogP contribution is 2.29. The van der Waals surface area contributed by atoms with E-state index in [4.69, 9.17) is 0 Å². The van der Waals surface area contributed by atoms with Crippen molar-refractivity contribution >= 4 is 22.8 Å². The number of rotatable bonds is 2. The Morgan fingerprint density at radius 1 is 0.750 bits per heavy atom. The largest absolute Gasteiger partial charge is 0.416 e. The van der Waals surface area contributed by atoms with E-state index in [1.54, 1.807) is 28.0 Å². The first kappa shape index (κ1) is 21.7. The molecule has 1 aliphatic heterocycles. The van der Waals surface area contributed by atoms with E-state index in [0.29, 0.717) is 37.3 Å². The number of hydrogen-bond donors (Lipinski definition) is 0. The fourth-order valence-electron chi connectivity index (χ4n) is 3.64. The molecule has 0 atom stereocenters. The Balaban J connectivity index is 1.42. The minimum atomic E-state index is -4.45. The third kappa shape index (κ3) is 4.28. The van der Waals surface area contributed by atoms with E-state index in [1.165, 1.54) is 12.1 Å². The predicted molar refractivity (Wildman–Crippen MR) is 112 cm³/mol. The van der Waals surface area contributed by atoms with Gasteiger partial charge in [-0.15, -0.1) is 0 Å². The lowest BCUT2D eigenvalue weighted by Crippen LogP contribution is -2.50. The molecule has 0 unspecified atom stereocenters. The van der Waals surface area contributed by atoms with Crippen LogP contribution in [0.25, 0.3) is 11.0 Å². The summed E-state index contributed by atoms with van der Waals surface area (Å²) in [4.78, 5) is 37.8. The molecule has 9 heteroatoms. The van der Waals surface area contributed by atoms with E-state index < -0.39 is 11.7 Å². The van der Waals surface area contributed by atoms with Crippen LogP contribution in [0.1, 0.15) is 37.7 Å². The molecule has 4 rings (SSSR count). The highest BCUT2D eigenvalue weighted by molar-refractivity contribution is 5.98. The lowest BCUT2D eigenvalue weighted by molar-refractivity contribution is -0.137. The van der Waals surface area contributed by atoms with Crippen LogP contribution in [0.15, 0.2) is 42.5 Å². The zero-order valence-electron chi connectivity index (χ0n) is 17.6. The summed E-state index contributed by atoms with van der Waals surface area (Å²) in [6.07, 6.45) is -4.45. The molecule has 0 saturated carbocycles. The fourth-order valence-corrected chi connectivity index (χ4v) is 3.64. The topological polar surface area (TPSA) is 66.4 Å². The normalized spacial score (nSPS) is 14.7. The van der Waals surface area contributed by atoms with Gasteiger partial charge in [0.2, 0.25) is 0 Å². The minimum Gasteiger partial charge on any atom is -0.335 e. The van der Waals surface area contributed by atoms with E-state index in [1.807, 2.05) is 13.8 Å². The van der Waals surface area contributed by atoms with E-state index in [-0.39, 0.29) is 17.4 Å². The van der Waals surface area contributed by atoms with Gasteiger partial charge >= 0.3 is 6.18 Å². The molecule has 6 nitrogen and oxygen atoms in total. The molecule has 3 aromatic rings. The smallest absolute Gasteiger partial charge is 0.335 e. The maximum absolute atomic E-state index is 12.9. The van der Waals surface area contributed by atoms with Crippen molar-refractivity contribution in [1.82, 2.24) is 19.8 Å². The van der Waals surface area contributed by atoms with Gasteiger partial charge in [-0.2, -0.15) is 13.2 Å². The monoisotopic (exact) mass is 442 g/mol. The number of amides is 2. The third-order valence-corrected chi connectivity index (χ3v) is 5.64. The lowest BCUT2D eigenvalue weighted by atomic mass is 10.1. The quantitative estimate of drug-likeness (QED) is 0.605. The first-order chi connectivity index (χ1) is 15.1. The van der Waals surface area contributed by atoms with Gasteiger partial charge in [-0.05, 0) is 56.3 Å². The molecule has 1 saturated heterocycles. The van der Waals surface area contributed by atoms with Crippen LogP contribution in [-0.4, -0.2) is 57.8 Å². The van der Waals surface area contributed by atoms with Crippen LogP contribution in [-0.2, 0) is 6.18 Å². The maximum Gasteiger partial charge on any atom is 0.416 e. The van der Waals surface area contributed by atoms with E-state index in [0.717, 1.165) is 29.0 Å². The molecule has 1 aliphatic rings. The molecule has 0 N–H and O–H groups in total. The van der Waals surface area contributed by atoms with Crippen LogP contribution in [0, 0.1) is 13.8 Å². The van der Waals surface area contributed by atoms with Crippen LogP contribution in [0.4, 0.5) is 13.2 Å². The van der Waals surface area contributed by atoms with Gasteiger partial charge in [0, 0.05) is 37.3 Å². The lowest BCUT2D eigenvalue weighted by Gasteiger charge is -2.35. The number of nitrogens with zero attached hydrogens (tertiary/aromatic N) is 4. The SMILES string of the molecule is Cc1nc2ccc(C(=O)N3CCN(C(=O)c4ccc(C(F)(F)F)cc4)CC3)cc2nc1C. The second-order valence-corrected chi connectivity index (χ2v) is 7.76. The van der Waals surface area contributed by atoms with Crippen molar-refractivity contribution in [2.24, 2.45) is 0 Å². The highest BCUT2D eigenvalue weighted by Gasteiger charge is 2.31. The van der Waals surface area contributed by atoms with Crippen molar-refractivity contribution < 1.29 is 22.8 Å². The molecule has 0 spiro atoms. The molecule has 32 heavy (non-hydrogen) atoms. The van der Waals surface area contributed by atoms with Crippen LogP contribution in [0.5, 0.6) is 0 Å². The number of halogens is 3. The second-order valence-electron chi connectivity index (χ2n) is 7.76. The molecular weight excluding hydrogens is 421 g/mol. The van der Waals surface area contributed by atoms with Crippen molar-refractivity contribution in [3.63, 3.8) is 0 Å². The number of aryl methyl sites for hydroxylation is 2. The molecule has 1 fully saturated rings. The second kappa shape index (κ2) is 8.22. The van der Waals surface area contributed by atoms with Gasteiger partial charge in [0.1, 0.15) is 0 Å². The fraction of sp³-hybridized carbons (Fsp3) is 0.304. The van der Waals surface area contributed by atoms with Crippen molar-refractivity contribution in [1.29, 1.82) is 0 Å². The Morgan fingerprint density at radius 2 is 1.22 bits per heavy atom. The number of hydrogen-bond acceptors (Lipinski definition) is 4. The number of fused-ring (bicyclic) bond motifs is 1. The summed E-state index contributed by atoms with van der Waals surface area (Å²) in [7, 11) is 0. The van der Waals surface area contributed by atoms with E-state index >= 15 is 0 Å². The molecule has 0 aliphatic carbocycles. The molecule has 0 radical (unpaired) electrons. The maximum atomic E-state index is 12.9. The number of alkyl halides is 3. The number of piperazine rings is 1. The minimum absolute atomic E-state index is 0.159.